The maximum Gasteiger partial charge on any atom is 0.150 e. The Bertz CT molecular complexity index is 503. The molecule has 0 spiro atoms. The summed E-state index contributed by atoms with van der Waals surface area (Å²) < 4.78 is 24.8. The van der Waals surface area contributed by atoms with E-state index in [0.29, 0.717) is 30.3 Å². The minimum absolute atomic E-state index is 0.261. The van der Waals surface area contributed by atoms with Crippen LogP contribution in [0.1, 0.15) is 36.8 Å². The van der Waals surface area contributed by atoms with E-state index in [2.05, 4.69) is 16.6 Å². The maximum absolute atomic E-state index is 11.4. The Kier molecular flexibility index (Phi) is 3.15. The maximum atomic E-state index is 11.4. The third-order valence-corrected chi connectivity index (χ3v) is 5.77. The predicted molar refractivity (Wildman–Crippen MR) is 69.4 cm³/mol. The molecule has 18 heavy (non-hydrogen) atoms. The van der Waals surface area contributed by atoms with Crippen LogP contribution in [-0.4, -0.2) is 42.8 Å². The van der Waals surface area contributed by atoms with Gasteiger partial charge in [0.25, 0.3) is 0 Å². The second-order valence-corrected chi connectivity index (χ2v) is 7.63. The summed E-state index contributed by atoms with van der Waals surface area (Å²) in [6.07, 6.45) is 6.63. The van der Waals surface area contributed by atoms with Gasteiger partial charge in [-0.05, 0) is 31.4 Å². The lowest BCUT2D eigenvalue weighted by molar-refractivity contribution is 0.413. The largest absolute Gasteiger partial charge is 0.316 e. The average molecular weight is 269 g/mol. The summed E-state index contributed by atoms with van der Waals surface area (Å²) in [5.74, 6) is 1.18. The Morgan fingerprint density at radius 2 is 2.06 bits per heavy atom. The summed E-state index contributed by atoms with van der Waals surface area (Å²) >= 11 is 0. The molecular formula is C12H19N3O2S. The van der Waals surface area contributed by atoms with Crippen LogP contribution in [0.15, 0.2) is 12.4 Å². The van der Waals surface area contributed by atoms with Crippen molar-refractivity contribution in [3.05, 3.63) is 18.0 Å². The fourth-order valence-electron chi connectivity index (χ4n) is 2.84. The van der Waals surface area contributed by atoms with Crippen molar-refractivity contribution in [1.82, 2.24) is 15.1 Å². The zero-order valence-electron chi connectivity index (χ0n) is 10.4. The first-order chi connectivity index (χ1) is 8.64. The lowest BCUT2D eigenvalue weighted by Gasteiger charge is -2.22. The Balaban J connectivity index is 1.70. The monoisotopic (exact) mass is 269 g/mol. The minimum atomic E-state index is -2.78. The molecule has 3 rings (SSSR count). The molecule has 2 aliphatic heterocycles. The molecule has 0 radical (unpaired) electrons. The van der Waals surface area contributed by atoms with Crippen molar-refractivity contribution in [3.8, 4) is 0 Å². The number of rotatable bonds is 2. The number of sulfone groups is 1. The van der Waals surface area contributed by atoms with E-state index in [-0.39, 0.29) is 6.04 Å². The van der Waals surface area contributed by atoms with Gasteiger partial charge in [0.1, 0.15) is 9.84 Å². The van der Waals surface area contributed by atoms with Crippen molar-refractivity contribution in [3.63, 3.8) is 0 Å². The van der Waals surface area contributed by atoms with Crippen LogP contribution in [0, 0.1) is 0 Å². The van der Waals surface area contributed by atoms with Crippen LogP contribution in [0.5, 0.6) is 0 Å². The van der Waals surface area contributed by atoms with Crippen molar-refractivity contribution in [1.29, 1.82) is 0 Å². The molecule has 100 valence electrons. The Hall–Kier alpha value is -0.880. The number of nitrogens with zero attached hydrogens (tertiary/aromatic N) is 2. The van der Waals surface area contributed by atoms with Crippen molar-refractivity contribution in [2.45, 2.75) is 31.2 Å². The topological polar surface area (TPSA) is 64.0 Å². The quantitative estimate of drug-likeness (QED) is 0.859. The minimum Gasteiger partial charge on any atom is -0.316 e. The molecule has 1 unspecified atom stereocenters. The van der Waals surface area contributed by atoms with Gasteiger partial charge in [0.05, 0.1) is 23.7 Å². The molecule has 2 saturated heterocycles. The van der Waals surface area contributed by atoms with Gasteiger partial charge < -0.3 is 5.32 Å². The van der Waals surface area contributed by atoms with Gasteiger partial charge in [0.2, 0.25) is 0 Å². The highest BCUT2D eigenvalue weighted by Crippen LogP contribution is 2.26. The van der Waals surface area contributed by atoms with E-state index in [1.165, 1.54) is 12.0 Å². The summed E-state index contributed by atoms with van der Waals surface area (Å²) in [5, 5.41) is 7.78. The van der Waals surface area contributed by atoms with Crippen molar-refractivity contribution < 1.29 is 8.42 Å². The summed E-state index contributed by atoms with van der Waals surface area (Å²) in [6.45, 7) is 2.11. The highest BCUT2D eigenvalue weighted by atomic mass is 32.2. The second kappa shape index (κ2) is 4.66. The van der Waals surface area contributed by atoms with Gasteiger partial charge in [0, 0.05) is 18.7 Å². The van der Waals surface area contributed by atoms with Crippen LogP contribution in [0.3, 0.4) is 0 Å². The Labute approximate surface area is 107 Å². The van der Waals surface area contributed by atoms with Crippen LogP contribution in [-0.2, 0) is 9.84 Å². The zero-order chi connectivity index (χ0) is 12.6. The molecule has 1 aromatic rings. The summed E-state index contributed by atoms with van der Waals surface area (Å²) in [6, 6.07) is 0.261. The number of hydrogen-bond acceptors (Lipinski definition) is 4. The van der Waals surface area contributed by atoms with E-state index < -0.39 is 9.84 Å². The van der Waals surface area contributed by atoms with E-state index in [1.54, 1.807) is 0 Å². The zero-order valence-corrected chi connectivity index (χ0v) is 11.2. The van der Waals surface area contributed by atoms with Crippen LogP contribution in [0.2, 0.25) is 0 Å². The van der Waals surface area contributed by atoms with E-state index in [1.807, 2.05) is 10.9 Å². The molecule has 3 heterocycles. The average Bonchev–Trinajstić information content (AvgIpc) is 2.99. The highest BCUT2D eigenvalue weighted by molar-refractivity contribution is 7.91. The molecule has 5 nitrogen and oxygen atoms in total. The Morgan fingerprint density at radius 3 is 2.72 bits per heavy atom. The smallest absolute Gasteiger partial charge is 0.150 e. The highest BCUT2D eigenvalue weighted by Gasteiger charge is 2.26. The van der Waals surface area contributed by atoms with Gasteiger partial charge in [-0.25, -0.2) is 8.42 Å². The second-order valence-electron chi connectivity index (χ2n) is 5.33. The molecule has 1 N–H and O–H groups in total. The normalized spacial score (nSPS) is 28.6. The molecular weight excluding hydrogens is 250 g/mol. The van der Waals surface area contributed by atoms with Crippen molar-refractivity contribution in [2.24, 2.45) is 0 Å². The van der Waals surface area contributed by atoms with Gasteiger partial charge in [-0.15, -0.1) is 0 Å². The standard InChI is InChI=1S/C12H19N3O2S/c16-18(17)5-2-12(3-6-18)15-9-11(8-14-15)10-1-4-13-7-10/h8-10,12-13H,1-7H2. The van der Waals surface area contributed by atoms with Gasteiger partial charge in [-0.3, -0.25) is 4.68 Å². The first kappa shape index (κ1) is 12.2. The van der Waals surface area contributed by atoms with Gasteiger partial charge in [-0.1, -0.05) is 0 Å². The molecule has 0 aliphatic carbocycles. The SMILES string of the molecule is O=S1(=O)CCC(n2cc(C3CCNC3)cn2)CC1. The molecule has 1 aromatic heterocycles. The van der Waals surface area contributed by atoms with Gasteiger partial charge >= 0.3 is 0 Å². The molecule has 0 bridgehead atoms. The Morgan fingerprint density at radius 1 is 1.28 bits per heavy atom. The first-order valence-corrected chi connectivity index (χ1v) is 8.41. The van der Waals surface area contributed by atoms with E-state index in [9.17, 15) is 8.42 Å². The van der Waals surface area contributed by atoms with Crippen molar-refractivity contribution >= 4 is 9.84 Å². The number of aromatic nitrogens is 2. The summed E-state index contributed by atoms with van der Waals surface area (Å²) in [5.41, 5.74) is 1.29. The lowest BCUT2D eigenvalue weighted by Crippen LogP contribution is -2.25. The van der Waals surface area contributed by atoms with Crippen LogP contribution >= 0.6 is 0 Å². The van der Waals surface area contributed by atoms with Gasteiger partial charge in [-0.2, -0.15) is 5.10 Å². The van der Waals surface area contributed by atoms with Crippen LogP contribution in [0.4, 0.5) is 0 Å². The third-order valence-electron chi connectivity index (χ3n) is 4.05. The predicted octanol–water partition coefficient (Wildman–Crippen LogP) is 0.710. The molecule has 6 heteroatoms. The number of nitrogens with one attached hydrogen (secondary N) is 1. The number of hydrogen-bond donors (Lipinski definition) is 1. The van der Waals surface area contributed by atoms with E-state index in [4.69, 9.17) is 0 Å². The molecule has 0 amide bonds. The molecule has 2 aliphatic rings. The van der Waals surface area contributed by atoms with E-state index in [0.717, 1.165) is 13.1 Å². The molecule has 2 fully saturated rings. The van der Waals surface area contributed by atoms with E-state index >= 15 is 0 Å². The summed E-state index contributed by atoms with van der Waals surface area (Å²) in [7, 11) is -2.78. The van der Waals surface area contributed by atoms with Crippen molar-refractivity contribution in [2.75, 3.05) is 24.6 Å². The first-order valence-electron chi connectivity index (χ1n) is 6.59. The summed E-state index contributed by atoms with van der Waals surface area (Å²) in [4.78, 5) is 0. The van der Waals surface area contributed by atoms with Crippen LogP contribution in [0.25, 0.3) is 0 Å². The fourth-order valence-corrected chi connectivity index (χ4v) is 4.31. The third kappa shape index (κ3) is 2.44. The fraction of sp³-hybridized carbons (Fsp3) is 0.750. The van der Waals surface area contributed by atoms with Crippen LogP contribution < -0.4 is 5.32 Å². The molecule has 0 aromatic carbocycles. The lowest BCUT2D eigenvalue weighted by atomic mass is 10.0. The molecule has 0 saturated carbocycles. The molecule has 1 atom stereocenters. The van der Waals surface area contributed by atoms with Gasteiger partial charge in [0.15, 0.2) is 0 Å².